The average Bonchev–Trinajstić information content (AvgIpc) is 2.98. The zero-order chi connectivity index (χ0) is 34.0. The fraction of sp³-hybridized carbons (Fsp3) is 0.394. The molecule has 2 aromatic carbocycles. The summed E-state index contributed by atoms with van der Waals surface area (Å²) in [7, 11) is 1.12. The number of esters is 5. The van der Waals surface area contributed by atoms with Crippen LogP contribution in [-0.4, -0.2) is 79.9 Å². The number of allylic oxidation sites excluding steroid dienone is 1. The van der Waals surface area contributed by atoms with Crippen molar-refractivity contribution in [2.45, 2.75) is 71.5 Å². The number of carbonyl (C=O) groups excluding carboxylic acids is 6. The summed E-state index contributed by atoms with van der Waals surface area (Å²) in [5, 5.41) is 4.65. The maximum Gasteiger partial charge on any atom is 0.373 e. The van der Waals surface area contributed by atoms with Gasteiger partial charge in [0.15, 0.2) is 24.4 Å². The molecule has 0 radical (unpaired) electrons. The van der Waals surface area contributed by atoms with Gasteiger partial charge >= 0.3 is 29.8 Å². The number of fused-ring (bicyclic) bond motifs is 1. The van der Waals surface area contributed by atoms with E-state index in [1.807, 2.05) is 48.5 Å². The number of methoxy groups -OCH3 is 1. The van der Waals surface area contributed by atoms with Gasteiger partial charge < -0.3 is 33.7 Å². The lowest BCUT2D eigenvalue weighted by Gasteiger charge is -2.43. The monoisotopic (exact) mass is 639 g/mol. The van der Waals surface area contributed by atoms with Crippen molar-refractivity contribution >= 4 is 52.6 Å². The molecule has 0 saturated carbocycles. The van der Waals surface area contributed by atoms with Gasteiger partial charge in [0.25, 0.3) is 0 Å². The molecule has 0 unspecified atom stereocenters. The predicted octanol–water partition coefficient (Wildman–Crippen LogP) is 2.93. The number of hydrogen-bond donors (Lipinski definition) is 1. The van der Waals surface area contributed by atoms with Gasteiger partial charge in [0.05, 0.1) is 7.11 Å². The maximum atomic E-state index is 13.2. The lowest BCUT2D eigenvalue weighted by Crippen LogP contribution is -2.63. The maximum absolute atomic E-state index is 13.2. The molecule has 246 valence electrons. The first kappa shape index (κ1) is 35.3. The molecule has 0 fully saturated rings. The molecule has 1 amide bonds. The number of ether oxygens (including phenoxy) is 6. The van der Waals surface area contributed by atoms with Crippen molar-refractivity contribution < 1.29 is 57.2 Å². The van der Waals surface area contributed by atoms with E-state index in [9.17, 15) is 28.8 Å². The highest BCUT2D eigenvalue weighted by atomic mass is 16.6. The Morgan fingerprint density at radius 3 is 2.15 bits per heavy atom. The number of nitrogens with one attached hydrogen (secondary N) is 1. The summed E-state index contributed by atoms with van der Waals surface area (Å²) in [6, 6.07) is 12.2. The minimum atomic E-state index is -1.58. The molecule has 1 aliphatic rings. The summed E-state index contributed by atoms with van der Waals surface area (Å²) in [5.74, 6) is -5.09. The molecule has 46 heavy (non-hydrogen) atoms. The Kier molecular flexibility index (Phi) is 12.4. The summed E-state index contributed by atoms with van der Waals surface area (Å²) >= 11 is 0. The van der Waals surface area contributed by atoms with E-state index in [-0.39, 0.29) is 17.8 Å². The van der Waals surface area contributed by atoms with Crippen LogP contribution in [-0.2, 0) is 57.2 Å². The highest BCUT2D eigenvalue weighted by Crippen LogP contribution is 2.35. The van der Waals surface area contributed by atoms with Gasteiger partial charge in [-0.2, -0.15) is 0 Å². The molecule has 0 spiro atoms. The quantitative estimate of drug-likeness (QED) is 0.267. The van der Waals surface area contributed by atoms with Crippen LogP contribution in [0, 0.1) is 0 Å². The third-order valence-corrected chi connectivity index (χ3v) is 6.82. The van der Waals surface area contributed by atoms with Gasteiger partial charge in [0.1, 0.15) is 12.6 Å². The first-order chi connectivity index (χ1) is 21.8. The topological polar surface area (TPSA) is 170 Å². The zero-order valence-electron chi connectivity index (χ0n) is 26.4. The highest BCUT2D eigenvalue weighted by Gasteiger charge is 2.51. The normalized spacial score (nSPS) is 19.0. The molecule has 0 aromatic heterocycles. The van der Waals surface area contributed by atoms with Gasteiger partial charge in [-0.1, -0.05) is 54.6 Å². The van der Waals surface area contributed by atoms with Crippen molar-refractivity contribution in [2.24, 2.45) is 0 Å². The zero-order valence-corrected chi connectivity index (χ0v) is 26.4. The minimum Gasteiger partial charge on any atom is -0.477 e. The van der Waals surface area contributed by atoms with E-state index in [0.717, 1.165) is 51.1 Å². The molecular formula is C33H37NO12. The van der Waals surface area contributed by atoms with E-state index in [4.69, 9.17) is 28.4 Å². The Labute approximate surface area is 265 Å². The summed E-state index contributed by atoms with van der Waals surface area (Å²) in [4.78, 5) is 74.1. The lowest BCUT2D eigenvalue weighted by atomic mass is 9.87. The van der Waals surface area contributed by atoms with Crippen molar-refractivity contribution in [1.82, 2.24) is 5.32 Å². The molecule has 5 atom stereocenters. The molecule has 1 N–H and O–H groups in total. The van der Waals surface area contributed by atoms with Crippen molar-refractivity contribution in [1.29, 1.82) is 0 Å². The Hall–Kier alpha value is -5.20. The van der Waals surface area contributed by atoms with Crippen LogP contribution in [0.4, 0.5) is 0 Å². The SMILES string of the molecule is COC(=O)C1=C(C/C=C/c2cccc3ccccc23)[C@H](OC(C)=O)[C@@H](NC(C)=O)[C@H]([C@H](OC(C)=O)[C@@H](COC(C)=O)OC(C)=O)O1. The van der Waals surface area contributed by atoms with Crippen molar-refractivity contribution in [3.63, 3.8) is 0 Å². The Morgan fingerprint density at radius 2 is 1.54 bits per heavy atom. The van der Waals surface area contributed by atoms with Crippen molar-refractivity contribution in [2.75, 3.05) is 13.7 Å². The second-order valence-corrected chi connectivity index (χ2v) is 10.4. The lowest BCUT2D eigenvalue weighted by molar-refractivity contribution is -0.192. The molecule has 3 rings (SSSR count). The summed E-state index contributed by atoms with van der Waals surface area (Å²) in [6.45, 7) is 5.04. The minimum absolute atomic E-state index is 0.00649. The molecule has 0 saturated heterocycles. The van der Waals surface area contributed by atoms with Crippen LogP contribution >= 0.6 is 0 Å². The van der Waals surface area contributed by atoms with Crippen LogP contribution in [0.2, 0.25) is 0 Å². The standard InChI is InChI=1S/C33H37NO12/c1-18(35)34-28-29(44-21(4)38)26(16-10-14-24-13-9-12-23-11-7-8-15-25(23)24)30(33(40)41-6)46-32(28)31(45-22(5)39)27(43-20(3)37)17-42-19(2)36/h7-15,27-29,31-32H,16-17H2,1-6H3,(H,34,35)/b14-10+/t27-,28-,29+,31-,32-/m1/s1. The van der Waals surface area contributed by atoms with E-state index in [1.165, 1.54) is 6.92 Å². The van der Waals surface area contributed by atoms with Crippen LogP contribution in [0.15, 0.2) is 59.9 Å². The van der Waals surface area contributed by atoms with Gasteiger partial charge in [-0.05, 0) is 22.8 Å². The Balaban J connectivity index is 2.19. The molecule has 2 aromatic rings. The Morgan fingerprint density at radius 1 is 0.870 bits per heavy atom. The van der Waals surface area contributed by atoms with Gasteiger partial charge in [0.2, 0.25) is 11.7 Å². The fourth-order valence-corrected chi connectivity index (χ4v) is 5.13. The third kappa shape index (κ3) is 9.40. The van der Waals surface area contributed by atoms with E-state index >= 15 is 0 Å². The predicted molar refractivity (Wildman–Crippen MR) is 162 cm³/mol. The number of carbonyl (C=O) groups is 6. The smallest absolute Gasteiger partial charge is 0.373 e. The van der Waals surface area contributed by atoms with Crippen LogP contribution in [0.1, 0.15) is 46.6 Å². The fourth-order valence-electron chi connectivity index (χ4n) is 5.13. The number of amides is 1. The van der Waals surface area contributed by atoms with Crippen LogP contribution in [0.25, 0.3) is 16.8 Å². The highest BCUT2D eigenvalue weighted by molar-refractivity contribution is 5.91. The van der Waals surface area contributed by atoms with E-state index in [2.05, 4.69) is 5.32 Å². The molecule has 1 heterocycles. The first-order valence-corrected chi connectivity index (χ1v) is 14.4. The number of rotatable bonds is 12. The number of benzene rings is 2. The largest absolute Gasteiger partial charge is 0.477 e. The first-order valence-electron chi connectivity index (χ1n) is 14.4. The van der Waals surface area contributed by atoms with Crippen LogP contribution < -0.4 is 5.32 Å². The van der Waals surface area contributed by atoms with Gasteiger partial charge in [-0.15, -0.1) is 0 Å². The molecule has 13 nitrogen and oxygen atoms in total. The average molecular weight is 640 g/mol. The summed E-state index contributed by atoms with van der Waals surface area (Å²) < 4.78 is 32.7. The molecule has 1 aliphatic heterocycles. The third-order valence-electron chi connectivity index (χ3n) is 6.82. The van der Waals surface area contributed by atoms with Gasteiger partial charge in [-0.3, -0.25) is 24.0 Å². The second-order valence-electron chi connectivity index (χ2n) is 10.4. The van der Waals surface area contributed by atoms with E-state index in [0.29, 0.717) is 0 Å². The van der Waals surface area contributed by atoms with Gasteiger partial charge in [0, 0.05) is 40.2 Å². The molecule has 0 bridgehead atoms. The molecular weight excluding hydrogens is 602 g/mol. The van der Waals surface area contributed by atoms with E-state index < -0.39 is 72.8 Å². The van der Waals surface area contributed by atoms with E-state index in [1.54, 1.807) is 6.08 Å². The molecule has 0 aliphatic carbocycles. The van der Waals surface area contributed by atoms with Crippen molar-refractivity contribution in [3.8, 4) is 0 Å². The number of hydrogen-bond acceptors (Lipinski definition) is 12. The Bertz CT molecular complexity index is 1540. The van der Waals surface area contributed by atoms with Crippen LogP contribution in [0.3, 0.4) is 0 Å². The van der Waals surface area contributed by atoms with Crippen LogP contribution in [0.5, 0.6) is 0 Å². The summed E-state index contributed by atoms with van der Waals surface area (Å²) in [5.41, 5.74) is 1.01. The van der Waals surface area contributed by atoms with Gasteiger partial charge in [-0.25, -0.2) is 4.79 Å². The van der Waals surface area contributed by atoms with Crippen molar-refractivity contribution in [3.05, 3.63) is 65.4 Å². The summed E-state index contributed by atoms with van der Waals surface area (Å²) in [6.07, 6.45) is -2.36. The second kappa shape index (κ2) is 16.2. The molecule has 13 heteroatoms.